The zero-order valence-electron chi connectivity index (χ0n) is 9.80. The zero-order valence-corrected chi connectivity index (χ0v) is 11.4. The second kappa shape index (κ2) is 6.68. The highest BCUT2D eigenvalue weighted by Crippen LogP contribution is 2.18. The summed E-state index contributed by atoms with van der Waals surface area (Å²) in [4.78, 5) is 0. The lowest BCUT2D eigenvalue weighted by molar-refractivity contribution is 0.304. The Morgan fingerprint density at radius 1 is 1.17 bits per heavy atom. The fourth-order valence-corrected chi connectivity index (χ4v) is 2.30. The van der Waals surface area contributed by atoms with E-state index >= 15 is 0 Å². The first-order valence-electron chi connectivity index (χ1n) is 5.67. The van der Waals surface area contributed by atoms with Gasteiger partial charge in [-0.1, -0.05) is 22.9 Å². The number of ether oxygens (including phenoxy) is 1. The molecular formula is C12H14ClN3OS. The Hall–Kier alpha value is -1.17. The molecule has 0 spiro atoms. The molecule has 0 unspecified atom stereocenters. The minimum Gasteiger partial charge on any atom is -0.486 e. The van der Waals surface area contributed by atoms with E-state index in [2.05, 4.69) is 10.2 Å². The van der Waals surface area contributed by atoms with Gasteiger partial charge in [0.2, 0.25) is 0 Å². The molecule has 0 amide bonds. The number of hydrogen-bond acceptors (Lipinski definition) is 5. The summed E-state index contributed by atoms with van der Waals surface area (Å²) in [6.45, 7) is 1.11. The topological polar surface area (TPSA) is 61.0 Å². The van der Waals surface area contributed by atoms with E-state index in [1.807, 2.05) is 12.1 Å². The molecule has 0 saturated heterocycles. The average molecular weight is 284 g/mol. The van der Waals surface area contributed by atoms with Crippen molar-refractivity contribution in [1.29, 1.82) is 0 Å². The van der Waals surface area contributed by atoms with Crippen LogP contribution in [0.4, 0.5) is 0 Å². The van der Waals surface area contributed by atoms with Gasteiger partial charge in [0.25, 0.3) is 0 Å². The van der Waals surface area contributed by atoms with Crippen LogP contribution in [0.1, 0.15) is 16.4 Å². The SMILES string of the molecule is NCCCc1nnc(COc2ccc(Cl)cc2)s1. The second-order valence-corrected chi connectivity index (χ2v) is 5.31. The van der Waals surface area contributed by atoms with Gasteiger partial charge in [0, 0.05) is 11.4 Å². The zero-order chi connectivity index (χ0) is 12.8. The molecule has 0 fully saturated rings. The lowest BCUT2D eigenvalue weighted by Gasteiger charge is -2.02. The first-order valence-corrected chi connectivity index (χ1v) is 6.87. The highest BCUT2D eigenvalue weighted by molar-refractivity contribution is 7.11. The van der Waals surface area contributed by atoms with Gasteiger partial charge in [0.1, 0.15) is 17.4 Å². The largest absolute Gasteiger partial charge is 0.486 e. The molecule has 2 rings (SSSR count). The first kappa shape index (κ1) is 13.3. The van der Waals surface area contributed by atoms with Gasteiger partial charge < -0.3 is 10.5 Å². The number of halogens is 1. The van der Waals surface area contributed by atoms with E-state index in [0.717, 1.165) is 28.6 Å². The fraction of sp³-hybridized carbons (Fsp3) is 0.333. The standard InChI is InChI=1S/C12H14ClN3OS/c13-9-3-5-10(6-4-9)17-8-12-16-15-11(18-12)2-1-7-14/h3-6H,1-2,7-8,14H2. The van der Waals surface area contributed by atoms with Gasteiger partial charge in [-0.2, -0.15) is 0 Å². The summed E-state index contributed by atoms with van der Waals surface area (Å²) in [6.07, 6.45) is 1.82. The van der Waals surface area contributed by atoms with E-state index in [4.69, 9.17) is 22.1 Å². The van der Waals surface area contributed by atoms with Crippen LogP contribution < -0.4 is 10.5 Å². The molecule has 1 heterocycles. The van der Waals surface area contributed by atoms with Crippen LogP contribution in [0.25, 0.3) is 0 Å². The summed E-state index contributed by atoms with van der Waals surface area (Å²) < 4.78 is 5.59. The van der Waals surface area contributed by atoms with Crippen LogP contribution in [0, 0.1) is 0 Å². The van der Waals surface area contributed by atoms with Crippen molar-refractivity contribution >= 4 is 22.9 Å². The van der Waals surface area contributed by atoms with E-state index in [1.165, 1.54) is 0 Å². The second-order valence-electron chi connectivity index (χ2n) is 3.72. The molecule has 4 nitrogen and oxygen atoms in total. The summed E-state index contributed by atoms with van der Waals surface area (Å²) in [5.41, 5.74) is 5.45. The molecule has 1 aromatic carbocycles. The van der Waals surface area contributed by atoms with Crippen LogP contribution in [0.2, 0.25) is 5.02 Å². The summed E-state index contributed by atoms with van der Waals surface area (Å²) in [6, 6.07) is 7.25. The molecule has 18 heavy (non-hydrogen) atoms. The molecule has 0 radical (unpaired) electrons. The van der Waals surface area contributed by atoms with Crippen molar-refractivity contribution in [2.75, 3.05) is 6.54 Å². The Morgan fingerprint density at radius 3 is 2.61 bits per heavy atom. The van der Waals surface area contributed by atoms with Gasteiger partial charge in [0.05, 0.1) is 0 Å². The van der Waals surface area contributed by atoms with Gasteiger partial charge in [-0.05, 0) is 37.2 Å². The van der Waals surface area contributed by atoms with Crippen LogP contribution >= 0.6 is 22.9 Å². The van der Waals surface area contributed by atoms with Gasteiger partial charge >= 0.3 is 0 Å². The Kier molecular flexibility index (Phi) is 4.92. The van der Waals surface area contributed by atoms with Crippen LogP contribution in [-0.2, 0) is 13.0 Å². The maximum atomic E-state index is 5.79. The smallest absolute Gasteiger partial charge is 0.155 e. The molecule has 0 aliphatic rings. The quantitative estimate of drug-likeness (QED) is 0.885. The van der Waals surface area contributed by atoms with Crippen molar-refractivity contribution in [2.45, 2.75) is 19.4 Å². The minimum atomic E-state index is 0.432. The van der Waals surface area contributed by atoms with Gasteiger partial charge in [0.15, 0.2) is 5.01 Å². The predicted molar refractivity (Wildman–Crippen MR) is 73.1 cm³/mol. The van der Waals surface area contributed by atoms with Crippen LogP contribution in [-0.4, -0.2) is 16.7 Å². The van der Waals surface area contributed by atoms with Gasteiger partial charge in [-0.15, -0.1) is 10.2 Å². The third-order valence-electron chi connectivity index (χ3n) is 2.28. The Balaban J connectivity index is 1.86. The number of rotatable bonds is 6. The highest BCUT2D eigenvalue weighted by Gasteiger charge is 2.04. The lowest BCUT2D eigenvalue weighted by Crippen LogP contribution is -1.99. The van der Waals surface area contributed by atoms with Crippen LogP contribution in [0.3, 0.4) is 0 Å². The molecule has 0 saturated carbocycles. The number of aryl methyl sites for hydroxylation is 1. The van der Waals surface area contributed by atoms with Crippen molar-refractivity contribution < 1.29 is 4.74 Å². The molecule has 96 valence electrons. The summed E-state index contributed by atoms with van der Waals surface area (Å²) in [5.74, 6) is 0.776. The van der Waals surface area contributed by atoms with Crippen molar-refractivity contribution in [3.8, 4) is 5.75 Å². The molecule has 0 aliphatic heterocycles. The fourth-order valence-electron chi connectivity index (χ4n) is 1.38. The summed E-state index contributed by atoms with van der Waals surface area (Å²) in [5, 5.41) is 10.7. The number of benzene rings is 1. The van der Waals surface area contributed by atoms with Crippen molar-refractivity contribution in [2.24, 2.45) is 5.73 Å². The van der Waals surface area contributed by atoms with E-state index < -0.39 is 0 Å². The van der Waals surface area contributed by atoms with Crippen molar-refractivity contribution in [3.63, 3.8) is 0 Å². The number of aromatic nitrogens is 2. The monoisotopic (exact) mass is 283 g/mol. The molecule has 0 atom stereocenters. The van der Waals surface area contributed by atoms with Crippen LogP contribution in [0.15, 0.2) is 24.3 Å². The van der Waals surface area contributed by atoms with E-state index in [0.29, 0.717) is 18.2 Å². The van der Waals surface area contributed by atoms with Crippen molar-refractivity contribution in [1.82, 2.24) is 10.2 Å². The Bertz CT molecular complexity index is 486. The van der Waals surface area contributed by atoms with Gasteiger partial charge in [-0.25, -0.2) is 0 Å². The maximum Gasteiger partial charge on any atom is 0.155 e. The third kappa shape index (κ3) is 3.94. The first-order chi connectivity index (χ1) is 8.78. The molecular weight excluding hydrogens is 270 g/mol. The molecule has 1 aromatic heterocycles. The number of nitrogens with two attached hydrogens (primary N) is 1. The minimum absolute atomic E-state index is 0.432. The van der Waals surface area contributed by atoms with Crippen LogP contribution in [0.5, 0.6) is 5.75 Å². The highest BCUT2D eigenvalue weighted by atomic mass is 35.5. The maximum absolute atomic E-state index is 5.79. The Labute approximate surface area is 115 Å². The summed E-state index contributed by atoms with van der Waals surface area (Å²) >= 11 is 7.36. The Morgan fingerprint density at radius 2 is 1.89 bits per heavy atom. The van der Waals surface area contributed by atoms with E-state index in [-0.39, 0.29) is 0 Å². The van der Waals surface area contributed by atoms with Gasteiger partial charge in [-0.3, -0.25) is 0 Å². The molecule has 6 heteroatoms. The van der Waals surface area contributed by atoms with E-state index in [9.17, 15) is 0 Å². The predicted octanol–water partition coefficient (Wildman–Crippen LogP) is 2.66. The normalized spacial score (nSPS) is 10.6. The average Bonchev–Trinajstić information content (AvgIpc) is 2.84. The number of nitrogens with zero attached hydrogens (tertiary/aromatic N) is 2. The van der Waals surface area contributed by atoms with E-state index in [1.54, 1.807) is 23.5 Å². The molecule has 2 aromatic rings. The molecule has 0 bridgehead atoms. The summed E-state index contributed by atoms with van der Waals surface area (Å²) in [7, 11) is 0. The lowest BCUT2D eigenvalue weighted by atomic mass is 10.3. The molecule has 0 aliphatic carbocycles. The van der Waals surface area contributed by atoms with Crippen molar-refractivity contribution in [3.05, 3.63) is 39.3 Å². The third-order valence-corrected chi connectivity index (χ3v) is 3.49. The molecule has 2 N–H and O–H groups in total. The number of hydrogen-bond donors (Lipinski definition) is 1.